The van der Waals surface area contributed by atoms with E-state index in [2.05, 4.69) is 10.1 Å². The van der Waals surface area contributed by atoms with Crippen molar-refractivity contribution in [2.24, 2.45) is 5.92 Å². The Bertz CT molecular complexity index is 1600. The largest absolute Gasteiger partial charge is 0.488 e. The molecular weight excluding hydrogens is 576 g/mol. The van der Waals surface area contributed by atoms with Crippen LogP contribution in [0.1, 0.15) is 64.5 Å². The molecule has 43 heavy (non-hydrogen) atoms. The van der Waals surface area contributed by atoms with Crippen molar-refractivity contribution in [3.8, 4) is 22.8 Å². The van der Waals surface area contributed by atoms with Crippen molar-refractivity contribution in [3.05, 3.63) is 94.8 Å². The van der Waals surface area contributed by atoms with Crippen LogP contribution in [0.25, 0.3) is 17.1 Å². The van der Waals surface area contributed by atoms with Crippen LogP contribution < -0.4 is 4.74 Å². The highest BCUT2D eigenvalue weighted by Gasteiger charge is 2.41. The number of carboxylic acid groups (broad SMARTS) is 1. The van der Waals surface area contributed by atoms with Crippen molar-refractivity contribution in [2.75, 3.05) is 0 Å². The van der Waals surface area contributed by atoms with Crippen LogP contribution >= 0.6 is 0 Å². The van der Waals surface area contributed by atoms with E-state index >= 15 is 0 Å². The highest BCUT2D eigenvalue weighted by Crippen LogP contribution is 2.43. The number of halogens is 6. The standard InChI is InChI=1S/C31H27F6N3O3/c1-18-5-14-26(43-17-19-6-8-20(9-7-19)21-10-12-22(13-11-21)30(32,33)34)23(15-18)24-3-2-4-28(38-24)40-27(31(35,36)37)16-25(39-40)29(41)42/h2-9,14-16,21-22H,10-13,17H2,1H3,(H,41,42)/t21-,22-. The summed E-state index contributed by atoms with van der Waals surface area (Å²) in [5.74, 6) is -2.55. The van der Waals surface area contributed by atoms with Crippen LogP contribution in [0.2, 0.25) is 0 Å². The number of pyridine rings is 1. The van der Waals surface area contributed by atoms with Crippen molar-refractivity contribution in [3.63, 3.8) is 0 Å². The molecule has 1 N–H and O–H groups in total. The Morgan fingerprint density at radius 3 is 2.28 bits per heavy atom. The van der Waals surface area contributed by atoms with Crippen molar-refractivity contribution in [1.82, 2.24) is 14.8 Å². The number of hydrogen-bond acceptors (Lipinski definition) is 4. The summed E-state index contributed by atoms with van der Waals surface area (Å²) in [6.07, 6.45) is -7.79. The number of carboxylic acids is 1. The van der Waals surface area contributed by atoms with Gasteiger partial charge in [0, 0.05) is 11.6 Å². The number of alkyl halides is 6. The zero-order valence-corrected chi connectivity index (χ0v) is 22.9. The molecule has 2 aromatic carbocycles. The number of benzene rings is 2. The van der Waals surface area contributed by atoms with Crippen LogP contribution in [0.15, 0.2) is 66.7 Å². The summed E-state index contributed by atoms with van der Waals surface area (Å²) in [6, 6.07) is 17.7. The molecule has 1 aliphatic carbocycles. The van der Waals surface area contributed by atoms with Gasteiger partial charge in [-0.05, 0) is 73.9 Å². The molecule has 1 aliphatic rings. The van der Waals surface area contributed by atoms with Crippen LogP contribution in [-0.4, -0.2) is 32.0 Å². The van der Waals surface area contributed by atoms with E-state index in [-0.39, 0.29) is 31.2 Å². The molecule has 226 valence electrons. The van der Waals surface area contributed by atoms with E-state index < -0.39 is 35.6 Å². The third-order valence-electron chi connectivity index (χ3n) is 7.62. The maximum atomic E-state index is 13.7. The minimum Gasteiger partial charge on any atom is -0.488 e. The summed E-state index contributed by atoms with van der Waals surface area (Å²) < 4.78 is 86.5. The van der Waals surface area contributed by atoms with Gasteiger partial charge in [0.05, 0.1) is 11.6 Å². The van der Waals surface area contributed by atoms with Crippen molar-refractivity contribution < 1.29 is 41.0 Å². The molecule has 0 saturated heterocycles. The predicted molar refractivity (Wildman–Crippen MR) is 145 cm³/mol. The molecule has 1 saturated carbocycles. The van der Waals surface area contributed by atoms with E-state index in [0.717, 1.165) is 16.7 Å². The molecule has 0 unspecified atom stereocenters. The van der Waals surface area contributed by atoms with E-state index in [1.807, 2.05) is 37.3 Å². The van der Waals surface area contributed by atoms with Gasteiger partial charge in [0.1, 0.15) is 12.4 Å². The quantitative estimate of drug-likeness (QED) is 0.215. The number of ether oxygens (including phenoxy) is 1. The average Bonchev–Trinajstić information content (AvgIpc) is 3.44. The van der Waals surface area contributed by atoms with Gasteiger partial charge in [-0.25, -0.2) is 14.5 Å². The zero-order valence-electron chi connectivity index (χ0n) is 22.9. The number of rotatable bonds is 7. The smallest absolute Gasteiger partial charge is 0.433 e. The van der Waals surface area contributed by atoms with E-state index in [4.69, 9.17) is 4.74 Å². The summed E-state index contributed by atoms with van der Waals surface area (Å²) in [4.78, 5) is 15.7. The molecule has 6 nitrogen and oxygen atoms in total. The first-order chi connectivity index (χ1) is 20.3. The topological polar surface area (TPSA) is 77.2 Å². The maximum Gasteiger partial charge on any atom is 0.433 e. The van der Waals surface area contributed by atoms with Gasteiger partial charge in [0.15, 0.2) is 17.2 Å². The zero-order chi connectivity index (χ0) is 30.9. The van der Waals surface area contributed by atoms with Crippen LogP contribution in [0.3, 0.4) is 0 Å². The number of carbonyl (C=O) groups is 1. The lowest BCUT2D eigenvalue weighted by molar-refractivity contribution is -0.182. The van der Waals surface area contributed by atoms with Crippen molar-refractivity contribution in [2.45, 2.75) is 57.5 Å². The van der Waals surface area contributed by atoms with Crippen LogP contribution in [0.4, 0.5) is 26.3 Å². The Kier molecular flexibility index (Phi) is 8.22. The monoisotopic (exact) mass is 603 g/mol. The van der Waals surface area contributed by atoms with Gasteiger partial charge in [0.2, 0.25) is 0 Å². The molecule has 2 aromatic heterocycles. The van der Waals surface area contributed by atoms with Gasteiger partial charge >= 0.3 is 18.3 Å². The maximum absolute atomic E-state index is 13.7. The molecule has 0 atom stereocenters. The molecular formula is C31H27F6N3O3. The molecule has 4 aromatic rings. The Morgan fingerprint density at radius 1 is 0.953 bits per heavy atom. The van der Waals surface area contributed by atoms with Crippen molar-refractivity contribution >= 4 is 5.97 Å². The first kappa shape index (κ1) is 30.1. The van der Waals surface area contributed by atoms with Crippen LogP contribution in [0, 0.1) is 12.8 Å². The number of aryl methyl sites for hydroxylation is 1. The molecule has 0 bridgehead atoms. The molecule has 12 heteroatoms. The van der Waals surface area contributed by atoms with Crippen molar-refractivity contribution in [1.29, 1.82) is 0 Å². The Morgan fingerprint density at radius 2 is 1.65 bits per heavy atom. The number of aromatic carboxylic acids is 1. The minimum absolute atomic E-state index is 0.0786. The third kappa shape index (κ3) is 6.84. The van der Waals surface area contributed by atoms with Gasteiger partial charge in [-0.1, -0.05) is 42.0 Å². The molecule has 0 amide bonds. The first-order valence-corrected chi connectivity index (χ1v) is 13.6. The predicted octanol–water partition coefficient (Wildman–Crippen LogP) is 8.37. The SMILES string of the molecule is Cc1ccc(OCc2ccc([C@H]3CC[C@H](C(F)(F)F)CC3)cc2)c(-c2cccc(-n3nc(C(=O)O)cc3C(F)(F)F)n2)c1. The van der Waals surface area contributed by atoms with E-state index in [1.165, 1.54) is 12.1 Å². The number of hydrogen-bond donors (Lipinski definition) is 1. The average molecular weight is 604 g/mol. The van der Waals surface area contributed by atoms with Gasteiger partial charge in [-0.15, -0.1) is 0 Å². The molecule has 0 aliphatic heterocycles. The summed E-state index contributed by atoms with van der Waals surface area (Å²) >= 11 is 0. The summed E-state index contributed by atoms with van der Waals surface area (Å²) in [6.45, 7) is 2.00. The fourth-order valence-electron chi connectivity index (χ4n) is 5.32. The fraction of sp³-hybridized carbons (Fsp3) is 0.323. The molecule has 2 heterocycles. The first-order valence-electron chi connectivity index (χ1n) is 13.6. The highest BCUT2D eigenvalue weighted by atomic mass is 19.4. The van der Waals surface area contributed by atoms with Gasteiger partial charge in [-0.3, -0.25) is 0 Å². The molecule has 1 fully saturated rings. The number of nitrogens with zero attached hydrogens (tertiary/aromatic N) is 3. The summed E-state index contributed by atoms with van der Waals surface area (Å²) in [5, 5.41) is 12.8. The van der Waals surface area contributed by atoms with E-state index in [9.17, 15) is 36.2 Å². The lowest BCUT2D eigenvalue weighted by Crippen LogP contribution is -2.27. The molecule has 0 spiro atoms. The minimum atomic E-state index is -4.87. The Balaban J connectivity index is 1.34. The Labute approximate surface area is 243 Å². The van der Waals surface area contributed by atoms with Gasteiger partial charge in [-0.2, -0.15) is 31.4 Å². The summed E-state index contributed by atoms with van der Waals surface area (Å²) in [5.41, 5.74) is 1.44. The third-order valence-corrected chi connectivity index (χ3v) is 7.62. The second-order valence-corrected chi connectivity index (χ2v) is 10.6. The van der Waals surface area contributed by atoms with Crippen LogP contribution in [-0.2, 0) is 12.8 Å². The second-order valence-electron chi connectivity index (χ2n) is 10.6. The van der Waals surface area contributed by atoms with E-state index in [1.54, 1.807) is 18.2 Å². The fourth-order valence-corrected chi connectivity index (χ4v) is 5.32. The Hall–Kier alpha value is -4.35. The van der Waals surface area contributed by atoms with Crippen LogP contribution in [0.5, 0.6) is 5.75 Å². The molecule has 0 radical (unpaired) electrons. The number of aromatic nitrogens is 3. The van der Waals surface area contributed by atoms with Gasteiger partial charge in [0.25, 0.3) is 0 Å². The highest BCUT2D eigenvalue weighted by molar-refractivity contribution is 5.85. The van der Waals surface area contributed by atoms with E-state index in [0.29, 0.717) is 40.6 Å². The second kappa shape index (κ2) is 11.7. The lowest BCUT2D eigenvalue weighted by Gasteiger charge is -2.30. The van der Waals surface area contributed by atoms with Gasteiger partial charge < -0.3 is 9.84 Å². The lowest BCUT2D eigenvalue weighted by atomic mass is 9.78. The molecule has 5 rings (SSSR count). The normalized spacial score (nSPS) is 17.6. The summed E-state index contributed by atoms with van der Waals surface area (Å²) in [7, 11) is 0.